The van der Waals surface area contributed by atoms with E-state index in [-0.39, 0.29) is 5.91 Å². The van der Waals surface area contributed by atoms with Crippen molar-refractivity contribution in [1.29, 1.82) is 0 Å². The standard InChI is InChI=1S/C14H14Cl2N2O2S/c1-8(20-13-4-3-10(15)5-12(13)16)14(19)17-6-11-7-21-9(2)18-11/h3-5,7-8H,6H2,1-2H3,(H,17,19). The first-order valence-corrected chi connectivity index (χ1v) is 7.89. The molecule has 112 valence electrons. The van der Waals surface area contributed by atoms with Crippen molar-refractivity contribution in [3.8, 4) is 5.75 Å². The van der Waals surface area contributed by atoms with Gasteiger partial charge in [-0.1, -0.05) is 23.2 Å². The van der Waals surface area contributed by atoms with Crippen molar-refractivity contribution in [2.24, 2.45) is 0 Å². The summed E-state index contributed by atoms with van der Waals surface area (Å²) in [6, 6.07) is 4.87. The molecule has 0 spiro atoms. The summed E-state index contributed by atoms with van der Waals surface area (Å²) in [6.45, 7) is 3.96. The molecule has 4 nitrogen and oxygen atoms in total. The number of thiazole rings is 1. The minimum atomic E-state index is -0.664. The Bertz CT molecular complexity index is 646. The van der Waals surface area contributed by atoms with Gasteiger partial charge >= 0.3 is 0 Å². The predicted octanol–water partition coefficient (Wildman–Crippen LogP) is 3.84. The molecule has 0 aliphatic carbocycles. The number of nitrogens with zero attached hydrogens (tertiary/aromatic N) is 1. The highest BCUT2D eigenvalue weighted by atomic mass is 35.5. The number of ether oxygens (including phenoxy) is 1. The number of benzene rings is 1. The molecule has 0 fully saturated rings. The van der Waals surface area contributed by atoms with Gasteiger partial charge in [0.1, 0.15) is 5.75 Å². The average Bonchev–Trinajstić information content (AvgIpc) is 2.85. The molecule has 1 heterocycles. The monoisotopic (exact) mass is 344 g/mol. The van der Waals surface area contributed by atoms with Crippen molar-refractivity contribution in [2.45, 2.75) is 26.5 Å². The maximum atomic E-state index is 12.0. The third-order valence-corrected chi connectivity index (χ3v) is 4.03. The smallest absolute Gasteiger partial charge is 0.261 e. The zero-order chi connectivity index (χ0) is 15.4. The fourth-order valence-electron chi connectivity index (χ4n) is 1.63. The van der Waals surface area contributed by atoms with E-state index in [0.717, 1.165) is 10.7 Å². The zero-order valence-corrected chi connectivity index (χ0v) is 13.9. The summed E-state index contributed by atoms with van der Waals surface area (Å²) in [5.41, 5.74) is 0.836. The second kappa shape index (κ2) is 7.11. The van der Waals surface area contributed by atoms with Crippen molar-refractivity contribution < 1.29 is 9.53 Å². The van der Waals surface area contributed by atoms with Crippen molar-refractivity contribution in [2.75, 3.05) is 0 Å². The molecule has 1 aromatic heterocycles. The Hall–Kier alpha value is -1.30. The van der Waals surface area contributed by atoms with E-state index in [2.05, 4.69) is 10.3 Å². The Morgan fingerprint density at radius 1 is 1.48 bits per heavy atom. The number of carbonyl (C=O) groups excluding carboxylic acids is 1. The van der Waals surface area contributed by atoms with Crippen LogP contribution in [0.15, 0.2) is 23.6 Å². The molecule has 2 rings (SSSR count). The zero-order valence-electron chi connectivity index (χ0n) is 11.5. The number of halogens is 2. The van der Waals surface area contributed by atoms with Crippen molar-refractivity contribution in [1.82, 2.24) is 10.3 Å². The Morgan fingerprint density at radius 3 is 2.86 bits per heavy atom. The van der Waals surface area contributed by atoms with Crippen LogP contribution in [0.1, 0.15) is 17.6 Å². The molecule has 21 heavy (non-hydrogen) atoms. The highest BCUT2D eigenvalue weighted by Gasteiger charge is 2.16. The van der Waals surface area contributed by atoms with Gasteiger partial charge in [0.25, 0.3) is 5.91 Å². The summed E-state index contributed by atoms with van der Waals surface area (Å²) < 4.78 is 5.54. The van der Waals surface area contributed by atoms with Crippen LogP contribution >= 0.6 is 34.5 Å². The maximum Gasteiger partial charge on any atom is 0.261 e. The molecule has 1 aromatic carbocycles. The first-order chi connectivity index (χ1) is 9.95. The lowest BCUT2D eigenvalue weighted by Gasteiger charge is -2.15. The van der Waals surface area contributed by atoms with Crippen LogP contribution < -0.4 is 10.1 Å². The van der Waals surface area contributed by atoms with E-state index in [1.54, 1.807) is 36.5 Å². The number of carbonyl (C=O) groups is 1. The van der Waals surface area contributed by atoms with Gasteiger partial charge in [-0.15, -0.1) is 11.3 Å². The van der Waals surface area contributed by atoms with Gasteiger partial charge in [-0.25, -0.2) is 4.98 Å². The summed E-state index contributed by atoms with van der Waals surface area (Å²) in [5, 5.41) is 6.55. The maximum absolute atomic E-state index is 12.0. The number of rotatable bonds is 5. The van der Waals surface area contributed by atoms with E-state index in [1.807, 2.05) is 12.3 Å². The molecule has 0 aliphatic heterocycles. The van der Waals surface area contributed by atoms with Crippen LogP contribution in [0.4, 0.5) is 0 Å². The number of hydrogen-bond acceptors (Lipinski definition) is 4. The molecular weight excluding hydrogens is 331 g/mol. The van der Waals surface area contributed by atoms with Crippen molar-refractivity contribution in [3.05, 3.63) is 44.3 Å². The second-order valence-electron chi connectivity index (χ2n) is 4.41. The van der Waals surface area contributed by atoms with Gasteiger partial charge in [0, 0.05) is 10.4 Å². The number of aromatic nitrogens is 1. The van der Waals surface area contributed by atoms with Crippen LogP contribution in [-0.2, 0) is 11.3 Å². The fraction of sp³-hybridized carbons (Fsp3) is 0.286. The van der Waals surface area contributed by atoms with E-state index in [9.17, 15) is 4.79 Å². The molecule has 0 aliphatic rings. The van der Waals surface area contributed by atoms with Crippen molar-refractivity contribution in [3.63, 3.8) is 0 Å². The Labute approximate surface area is 137 Å². The highest BCUT2D eigenvalue weighted by molar-refractivity contribution is 7.09. The van der Waals surface area contributed by atoms with Crippen LogP contribution in [0.2, 0.25) is 10.0 Å². The lowest BCUT2D eigenvalue weighted by atomic mass is 10.3. The molecule has 0 saturated heterocycles. The number of amides is 1. The van der Waals surface area contributed by atoms with Crippen LogP contribution in [-0.4, -0.2) is 17.0 Å². The topological polar surface area (TPSA) is 51.2 Å². The van der Waals surface area contributed by atoms with Gasteiger partial charge in [0.05, 0.1) is 22.3 Å². The summed E-state index contributed by atoms with van der Waals surface area (Å²) in [4.78, 5) is 16.3. The third kappa shape index (κ3) is 4.59. The second-order valence-corrected chi connectivity index (χ2v) is 6.32. The van der Waals surface area contributed by atoms with E-state index < -0.39 is 6.10 Å². The Kier molecular flexibility index (Phi) is 5.45. The first-order valence-electron chi connectivity index (χ1n) is 6.26. The van der Waals surface area contributed by atoms with Crippen LogP contribution in [0, 0.1) is 6.92 Å². The van der Waals surface area contributed by atoms with Gasteiger partial charge < -0.3 is 10.1 Å². The molecular formula is C14H14Cl2N2O2S. The SMILES string of the molecule is Cc1nc(CNC(=O)C(C)Oc2ccc(Cl)cc2Cl)cs1. The first kappa shape index (κ1) is 16.1. The molecule has 0 saturated carbocycles. The lowest BCUT2D eigenvalue weighted by Crippen LogP contribution is -2.36. The average molecular weight is 345 g/mol. The van der Waals surface area contributed by atoms with E-state index in [4.69, 9.17) is 27.9 Å². The quantitative estimate of drug-likeness (QED) is 0.896. The summed E-state index contributed by atoms with van der Waals surface area (Å²) in [7, 11) is 0. The molecule has 1 N–H and O–H groups in total. The molecule has 1 amide bonds. The van der Waals surface area contributed by atoms with Gasteiger partial charge in [0.2, 0.25) is 0 Å². The number of hydrogen-bond donors (Lipinski definition) is 1. The molecule has 1 atom stereocenters. The summed E-state index contributed by atoms with van der Waals surface area (Å²) >= 11 is 13.4. The van der Waals surface area contributed by atoms with Crippen molar-refractivity contribution >= 4 is 40.4 Å². The number of aryl methyl sites for hydroxylation is 1. The normalized spacial score (nSPS) is 12.0. The van der Waals surface area contributed by atoms with Crippen LogP contribution in [0.3, 0.4) is 0 Å². The van der Waals surface area contributed by atoms with E-state index in [1.165, 1.54) is 0 Å². The molecule has 0 bridgehead atoms. The Balaban J connectivity index is 1.90. The molecule has 2 aromatic rings. The molecule has 1 unspecified atom stereocenters. The van der Waals surface area contributed by atoms with Gasteiger partial charge in [-0.3, -0.25) is 4.79 Å². The summed E-state index contributed by atoms with van der Waals surface area (Å²) in [5.74, 6) is 0.194. The molecule has 0 radical (unpaired) electrons. The van der Waals surface area contributed by atoms with Gasteiger partial charge in [0.15, 0.2) is 6.10 Å². The largest absolute Gasteiger partial charge is 0.479 e. The third-order valence-electron chi connectivity index (χ3n) is 2.68. The predicted molar refractivity (Wildman–Crippen MR) is 85.2 cm³/mol. The van der Waals surface area contributed by atoms with Crippen LogP contribution in [0.5, 0.6) is 5.75 Å². The van der Waals surface area contributed by atoms with E-state index in [0.29, 0.717) is 22.3 Å². The number of nitrogens with one attached hydrogen (secondary N) is 1. The van der Waals surface area contributed by atoms with E-state index >= 15 is 0 Å². The minimum Gasteiger partial charge on any atom is -0.479 e. The fourth-order valence-corrected chi connectivity index (χ4v) is 2.69. The summed E-state index contributed by atoms with van der Waals surface area (Å²) in [6.07, 6.45) is -0.664. The van der Waals surface area contributed by atoms with Crippen LogP contribution in [0.25, 0.3) is 0 Å². The minimum absolute atomic E-state index is 0.230. The molecule has 7 heteroatoms. The highest BCUT2D eigenvalue weighted by Crippen LogP contribution is 2.28. The lowest BCUT2D eigenvalue weighted by molar-refractivity contribution is -0.127. The Morgan fingerprint density at radius 2 is 2.24 bits per heavy atom. The van der Waals surface area contributed by atoms with Gasteiger partial charge in [-0.05, 0) is 32.0 Å². The van der Waals surface area contributed by atoms with Gasteiger partial charge in [-0.2, -0.15) is 0 Å².